The summed E-state index contributed by atoms with van der Waals surface area (Å²) in [6, 6.07) is 1.63. The normalized spacial score (nSPS) is 15.2. The number of amides is 1. The third-order valence-corrected chi connectivity index (χ3v) is 5.89. The predicted octanol–water partition coefficient (Wildman–Crippen LogP) is 3.25. The first-order chi connectivity index (χ1) is 17.2. The van der Waals surface area contributed by atoms with Crippen LogP contribution in [0.3, 0.4) is 0 Å². The Bertz CT molecular complexity index is 1240. The summed E-state index contributed by atoms with van der Waals surface area (Å²) in [6.07, 6.45) is 5.55. The molecule has 192 valence electrons. The lowest BCUT2D eigenvalue weighted by Gasteiger charge is -2.36. The van der Waals surface area contributed by atoms with Crippen molar-refractivity contribution in [3.63, 3.8) is 0 Å². The van der Waals surface area contributed by atoms with Gasteiger partial charge in [-0.2, -0.15) is 10.1 Å². The van der Waals surface area contributed by atoms with E-state index in [1.807, 2.05) is 63.5 Å². The standard InChI is InChI=1S/C25H34N8O3/c1-14(2)21-23(34)30-20-16(5)29-25(31-22(20)32(21)6)27-10-18-11-28-33(13-18)12-17-8-19(35-7)24(26-9-17)36-15(3)4/h8-9,11,13-15,21H,10,12H2,1-7H3,(H,30,34)(H,27,29,31)/t21-/m0/s1. The van der Waals surface area contributed by atoms with E-state index in [4.69, 9.17) is 9.47 Å². The first kappa shape index (κ1) is 25.2. The highest BCUT2D eigenvalue weighted by molar-refractivity contribution is 6.03. The number of carbonyl (C=O) groups is 1. The van der Waals surface area contributed by atoms with E-state index in [1.54, 1.807) is 19.5 Å². The lowest BCUT2D eigenvalue weighted by Crippen LogP contribution is -2.49. The lowest BCUT2D eigenvalue weighted by atomic mass is 9.99. The summed E-state index contributed by atoms with van der Waals surface area (Å²) in [5, 5.41) is 10.7. The number of nitrogens with one attached hydrogen (secondary N) is 2. The molecule has 4 heterocycles. The third-order valence-electron chi connectivity index (χ3n) is 5.89. The van der Waals surface area contributed by atoms with Crippen molar-refractivity contribution in [3.8, 4) is 11.6 Å². The molecule has 1 amide bonds. The zero-order valence-electron chi connectivity index (χ0n) is 21.9. The van der Waals surface area contributed by atoms with E-state index in [2.05, 4.69) is 30.7 Å². The molecular weight excluding hydrogens is 460 g/mol. The number of anilines is 3. The number of hydrogen-bond donors (Lipinski definition) is 2. The molecule has 0 fully saturated rings. The van der Waals surface area contributed by atoms with Gasteiger partial charge in [0.2, 0.25) is 11.9 Å². The molecule has 11 nitrogen and oxygen atoms in total. The highest BCUT2D eigenvalue weighted by atomic mass is 16.5. The monoisotopic (exact) mass is 494 g/mol. The van der Waals surface area contributed by atoms with E-state index in [0.717, 1.165) is 11.1 Å². The molecular formula is C25H34N8O3. The van der Waals surface area contributed by atoms with Gasteiger partial charge in [0.15, 0.2) is 11.6 Å². The van der Waals surface area contributed by atoms with Crippen molar-refractivity contribution in [2.75, 3.05) is 29.7 Å². The Kier molecular flexibility index (Phi) is 7.27. The number of pyridine rings is 1. The average molecular weight is 495 g/mol. The van der Waals surface area contributed by atoms with Gasteiger partial charge in [0.05, 0.1) is 31.6 Å². The predicted molar refractivity (Wildman–Crippen MR) is 138 cm³/mol. The Balaban J connectivity index is 1.44. The van der Waals surface area contributed by atoms with Crippen LogP contribution in [0.25, 0.3) is 0 Å². The summed E-state index contributed by atoms with van der Waals surface area (Å²) >= 11 is 0. The largest absolute Gasteiger partial charge is 0.491 e. The Morgan fingerprint density at radius 3 is 2.64 bits per heavy atom. The van der Waals surface area contributed by atoms with Crippen LogP contribution in [0.5, 0.6) is 11.6 Å². The lowest BCUT2D eigenvalue weighted by molar-refractivity contribution is -0.118. The van der Waals surface area contributed by atoms with Gasteiger partial charge >= 0.3 is 0 Å². The molecule has 0 spiro atoms. The van der Waals surface area contributed by atoms with Gasteiger partial charge < -0.3 is 25.0 Å². The summed E-state index contributed by atoms with van der Waals surface area (Å²) in [5.74, 6) is 2.40. The maximum absolute atomic E-state index is 12.5. The molecule has 0 aliphatic carbocycles. The van der Waals surface area contributed by atoms with Gasteiger partial charge in [0, 0.05) is 31.5 Å². The molecule has 2 N–H and O–H groups in total. The molecule has 1 aliphatic rings. The minimum absolute atomic E-state index is 0.0112. The van der Waals surface area contributed by atoms with Crippen molar-refractivity contribution >= 4 is 23.4 Å². The van der Waals surface area contributed by atoms with Crippen LogP contribution in [-0.2, 0) is 17.9 Å². The number of methoxy groups -OCH3 is 1. The summed E-state index contributed by atoms with van der Waals surface area (Å²) in [5.41, 5.74) is 3.30. The highest BCUT2D eigenvalue weighted by Crippen LogP contribution is 2.34. The number of nitrogens with zero attached hydrogens (tertiary/aromatic N) is 6. The summed E-state index contributed by atoms with van der Waals surface area (Å²) in [7, 11) is 3.50. The molecule has 1 aliphatic heterocycles. The molecule has 1 atom stereocenters. The smallest absolute Gasteiger partial charge is 0.257 e. The minimum Gasteiger partial charge on any atom is -0.491 e. The van der Waals surface area contributed by atoms with Crippen LogP contribution in [0.4, 0.5) is 17.5 Å². The zero-order chi connectivity index (χ0) is 26.0. The average Bonchev–Trinajstić information content (AvgIpc) is 3.26. The van der Waals surface area contributed by atoms with E-state index in [0.29, 0.717) is 47.9 Å². The molecule has 0 saturated carbocycles. The molecule has 0 aromatic carbocycles. The van der Waals surface area contributed by atoms with Crippen molar-refractivity contribution in [2.45, 2.75) is 59.9 Å². The molecule has 3 aromatic rings. The van der Waals surface area contributed by atoms with Crippen molar-refractivity contribution in [1.82, 2.24) is 24.7 Å². The minimum atomic E-state index is -0.281. The topological polar surface area (TPSA) is 119 Å². The zero-order valence-corrected chi connectivity index (χ0v) is 21.9. The highest BCUT2D eigenvalue weighted by Gasteiger charge is 2.35. The fourth-order valence-corrected chi connectivity index (χ4v) is 4.26. The quantitative estimate of drug-likeness (QED) is 0.462. The number of likely N-dealkylation sites (N-methyl/N-ethyl adjacent to an activating group) is 1. The van der Waals surface area contributed by atoms with Gasteiger partial charge in [-0.25, -0.2) is 9.97 Å². The second-order valence-corrected chi connectivity index (χ2v) is 9.54. The SMILES string of the molecule is COc1cc(Cn2cc(CNc3nc(C)c4c(n3)N(C)[C@@H](C(C)C)C(=O)N4)cn2)cnc1OC(C)C. The van der Waals surface area contributed by atoms with Crippen LogP contribution >= 0.6 is 0 Å². The Morgan fingerprint density at radius 1 is 1.17 bits per heavy atom. The molecule has 0 saturated heterocycles. The summed E-state index contributed by atoms with van der Waals surface area (Å²) in [4.78, 5) is 28.1. The number of fused-ring (bicyclic) bond motifs is 1. The van der Waals surface area contributed by atoms with Gasteiger partial charge in [-0.3, -0.25) is 9.48 Å². The number of aryl methyl sites for hydroxylation is 1. The van der Waals surface area contributed by atoms with E-state index >= 15 is 0 Å². The first-order valence-electron chi connectivity index (χ1n) is 12.0. The molecule has 4 rings (SSSR count). The molecule has 11 heteroatoms. The molecule has 0 bridgehead atoms. The number of carbonyl (C=O) groups excluding carboxylic acids is 1. The van der Waals surface area contributed by atoms with Crippen molar-refractivity contribution in [2.24, 2.45) is 5.92 Å². The van der Waals surface area contributed by atoms with Crippen molar-refractivity contribution < 1.29 is 14.3 Å². The first-order valence-corrected chi connectivity index (χ1v) is 12.0. The third kappa shape index (κ3) is 5.34. The van der Waals surface area contributed by atoms with Crippen LogP contribution < -0.4 is 25.0 Å². The van der Waals surface area contributed by atoms with Crippen LogP contribution in [0.2, 0.25) is 0 Å². The van der Waals surface area contributed by atoms with Crippen molar-refractivity contribution in [1.29, 1.82) is 0 Å². The Hall–Kier alpha value is -3.89. The van der Waals surface area contributed by atoms with Crippen LogP contribution in [-0.4, -0.2) is 56.9 Å². The summed E-state index contributed by atoms with van der Waals surface area (Å²) < 4.78 is 13.0. The fourth-order valence-electron chi connectivity index (χ4n) is 4.26. The van der Waals surface area contributed by atoms with E-state index in [1.165, 1.54) is 0 Å². The van der Waals surface area contributed by atoms with Gasteiger partial charge in [-0.05, 0) is 38.3 Å². The maximum atomic E-state index is 12.5. The summed E-state index contributed by atoms with van der Waals surface area (Å²) in [6.45, 7) is 10.9. The molecule has 3 aromatic heterocycles. The van der Waals surface area contributed by atoms with Gasteiger partial charge in [0.1, 0.15) is 11.7 Å². The van der Waals surface area contributed by atoms with Gasteiger partial charge in [0.25, 0.3) is 5.88 Å². The number of ether oxygens (including phenoxy) is 2. The molecule has 0 radical (unpaired) electrons. The second kappa shape index (κ2) is 10.4. The van der Waals surface area contributed by atoms with Crippen LogP contribution in [0, 0.1) is 12.8 Å². The number of rotatable bonds is 9. The van der Waals surface area contributed by atoms with Crippen molar-refractivity contribution in [3.05, 3.63) is 41.5 Å². The van der Waals surface area contributed by atoms with Gasteiger partial charge in [-0.15, -0.1) is 0 Å². The van der Waals surface area contributed by atoms with E-state index < -0.39 is 0 Å². The second-order valence-electron chi connectivity index (χ2n) is 9.54. The van der Waals surface area contributed by atoms with E-state index in [9.17, 15) is 4.79 Å². The number of hydrogen-bond acceptors (Lipinski definition) is 9. The molecule has 36 heavy (non-hydrogen) atoms. The maximum Gasteiger partial charge on any atom is 0.257 e. The Labute approximate surface area is 211 Å². The molecule has 0 unspecified atom stereocenters. The van der Waals surface area contributed by atoms with Crippen LogP contribution in [0.15, 0.2) is 24.7 Å². The van der Waals surface area contributed by atoms with E-state index in [-0.39, 0.29) is 24.0 Å². The Morgan fingerprint density at radius 2 is 1.94 bits per heavy atom. The van der Waals surface area contributed by atoms with Crippen LogP contribution in [0.1, 0.15) is 44.5 Å². The fraction of sp³-hybridized carbons (Fsp3) is 0.480. The van der Waals surface area contributed by atoms with Gasteiger partial charge in [-0.1, -0.05) is 13.8 Å². The number of aromatic nitrogens is 5.